The molecule has 2 aromatic carbocycles. The van der Waals surface area contributed by atoms with Gasteiger partial charge in [0.15, 0.2) is 0 Å². The highest BCUT2D eigenvalue weighted by Gasteiger charge is 2.15. The number of aliphatic hydroxyl groups excluding tert-OH is 1. The van der Waals surface area contributed by atoms with Gasteiger partial charge in [0.1, 0.15) is 0 Å². The molecule has 0 bridgehead atoms. The fraction of sp³-hybridized carbons (Fsp3) is 0.118. The first-order valence-corrected chi connectivity index (χ1v) is 7.37. The van der Waals surface area contributed by atoms with Crippen molar-refractivity contribution in [3.05, 3.63) is 75.9 Å². The zero-order valence-electron chi connectivity index (χ0n) is 11.1. The van der Waals surface area contributed by atoms with Gasteiger partial charge in [0.25, 0.3) is 0 Å². The van der Waals surface area contributed by atoms with Crippen molar-refractivity contribution in [2.45, 2.75) is 12.5 Å². The third-order valence-corrected chi connectivity index (χ3v) is 4.21. The van der Waals surface area contributed by atoms with Crippen LogP contribution in [0.1, 0.15) is 17.2 Å². The maximum atomic E-state index is 10.6. The van der Waals surface area contributed by atoms with E-state index >= 15 is 0 Å². The van der Waals surface area contributed by atoms with E-state index in [1.54, 1.807) is 24.4 Å². The number of rotatable bonds is 3. The van der Waals surface area contributed by atoms with Gasteiger partial charge >= 0.3 is 0 Å². The molecule has 0 spiro atoms. The van der Waals surface area contributed by atoms with E-state index in [2.05, 4.69) is 4.98 Å². The predicted molar refractivity (Wildman–Crippen MR) is 86.9 cm³/mol. The summed E-state index contributed by atoms with van der Waals surface area (Å²) in [4.78, 5) is 4.30. The maximum absolute atomic E-state index is 10.6. The van der Waals surface area contributed by atoms with E-state index < -0.39 is 6.10 Å². The lowest BCUT2D eigenvalue weighted by Crippen LogP contribution is -2.04. The van der Waals surface area contributed by atoms with Crippen LogP contribution in [-0.2, 0) is 6.42 Å². The molecule has 4 heteroatoms. The second kappa shape index (κ2) is 6.02. The van der Waals surface area contributed by atoms with Gasteiger partial charge in [-0.25, -0.2) is 0 Å². The molecule has 1 unspecified atom stereocenters. The van der Waals surface area contributed by atoms with Crippen LogP contribution in [0, 0.1) is 0 Å². The summed E-state index contributed by atoms with van der Waals surface area (Å²) in [6.07, 6.45) is 1.42. The molecule has 0 saturated heterocycles. The van der Waals surface area contributed by atoms with Gasteiger partial charge in [-0.05, 0) is 35.4 Å². The first-order valence-electron chi connectivity index (χ1n) is 6.61. The maximum Gasteiger partial charge on any atom is 0.0838 e. The molecule has 106 valence electrons. The Balaban J connectivity index is 2.00. The minimum absolute atomic E-state index is 0.368. The zero-order valence-corrected chi connectivity index (χ0v) is 12.6. The molecule has 0 amide bonds. The summed E-state index contributed by atoms with van der Waals surface area (Å²) in [6, 6.07) is 14.9. The lowest BCUT2D eigenvalue weighted by molar-refractivity contribution is 0.180. The van der Waals surface area contributed by atoms with Gasteiger partial charge < -0.3 is 5.11 Å². The van der Waals surface area contributed by atoms with Crippen LogP contribution in [0.4, 0.5) is 0 Å². The molecule has 0 aliphatic rings. The molecule has 0 radical (unpaired) electrons. The van der Waals surface area contributed by atoms with E-state index in [-0.39, 0.29) is 0 Å². The number of halogens is 2. The number of aliphatic hydroxyl groups is 1. The van der Waals surface area contributed by atoms with Crippen molar-refractivity contribution in [1.82, 2.24) is 4.98 Å². The van der Waals surface area contributed by atoms with Crippen LogP contribution >= 0.6 is 23.2 Å². The summed E-state index contributed by atoms with van der Waals surface area (Å²) >= 11 is 12.3. The number of fused-ring (bicyclic) bond motifs is 1. The Morgan fingerprint density at radius 2 is 1.67 bits per heavy atom. The molecule has 2 nitrogen and oxygen atoms in total. The molecule has 3 aromatic rings. The van der Waals surface area contributed by atoms with E-state index in [1.807, 2.05) is 30.3 Å². The number of nitrogens with zero attached hydrogens (tertiary/aromatic N) is 1. The summed E-state index contributed by atoms with van der Waals surface area (Å²) in [7, 11) is 0. The van der Waals surface area contributed by atoms with Crippen LogP contribution in [0.2, 0.25) is 10.0 Å². The average molecular weight is 318 g/mol. The van der Waals surface area contributed by atoms with Gasteiger partial charge in [0, 0.05) is 28.0 Å². The van der Waals surface area contributed by atoms with E-state index in [0.717, 1.165) is 22.0 Å². The van der Waals surface area contributed by atoms with Gasteiger partial charge in [-0.3, -0.25) is 4.98 Å². The number of hydrogen-bond donors (Lipinski definition) is 1. The summed E-state index contributed by atoms with van der Waals surface area (Å²) in [5.74, 6) is 0. The molecule has 1 heterocycles. The van der Waals surface area contributed by atoms with Crippen LogP contribution in [0.25, 0.3) is 10.9 Å². The predicted octanol–water partition coefficient (Wildman–Crippen LogP) is 4.82. The van der Waals surface area contributed by atoms with Crippen molar-refractivity contribution in [2.75, 3.05) is 0 Å². The van der Waals surface area contributed by atoms with E-state index in [1.165, 1.54) is 0 Å². The average Bonchev–Trinajstić information content (AvgIpc) is 2.50. The summed E-state index contributed by atoms with van der Waals surface area (Å²) in [5.41, 5.74) is 2.45. The summed E-state index contributed by atoms with van der Waals surface area (Å²) < 4.78 is 0. The SMILES string of the molecule is OC(Cc1c(Cl)cccc1Cl)c1cccc2ncccc12. The molecule has 0 saturated carbocycles. The number of aromatic nitrogens is 1. The monoisotopic (exact) mass is 317 g/mol. The Morgan fingerprint density at radius 3 is 2.43 bits per heavy atom. The largest absolute Gasteiger partial charge is 0.388 e. The zero-order chi connectivity index (χ0) is 14.8. The highest BCUT2D eigenvalue weighted by molar-refractivity contribution is 6.36. The fourth-order valence-corrected chi connectivity index (χ4v) is 3.00. The minimum Gasteiger partial charge on any atom is -0.388 e. The van der Waals surface area contributed by atoms with Crippen molar-refractivity contribution >= 4 is 34.1 Å². The van der Waals surface area contributed by atoms with Gasteiger partial charge in [0.05, 0.1) is 11.6 Å². The fourth-order valence-electron chi connectivity index (χ4n) is 2.45. The third-order valence-electron chi connectivity index (χ3n) is 3.50. The van der Waals surface area contributed by atoms with Crippen molar-refractivity contribution in [3.8, 4) is 0 Å². The molecular weight excluding hydrogens is 305 g/mol. The Hall–Kier alpha value is -1.61. The van der Waals surface area contributed by atoms with Gasteiger partial charge in [-0.1, -0.05) is 47.5 Å². The van der Waals surface area contributed by atoms with E-state index in [0.29, 0.717) is 16.5 Å². The van der Waals surface area contributed by atoms with Gasteiger partial charge in [-0.15, -0.1) is 0 Å². The molecule has 3 rings (SSSR count). The smallest absolute Gasteiger partial charge is 0.0838 e. The van der Waals surface area contributed by atoms with Crippen molar-refractivity contribution in [1.29, 1.82) is 0 Å². The second-order valence-corrected chi connectivity index (χ2v) is 5.65. The molecular formula is C17H13Cl2NO. The quantitative estimate of drug-likeness (QED) is 0.751. The number of pyridine rings is 1. The Labute approximate surface area is 133 Å². The Morgan fingerprint density at radius 1 is 0.952 bits per heavy atom. The number of benzene rings is 2. The van der Waals surface area contributed by atoms with Crippen molar-refractivity contribution in [3.63, 3.8) is 0 Å². The van der Waals surface area contributed by atoms with Crippen LogP contribution in [-0.4, -0.2) is 10.1 Å². The molecule has 0 aliphatic heterocycles. The van der Waals surface area contributed by atoms with Crippen LogP contribution in [0.5, 0.6) is 0 Å². The first kappa shape index (κ1) is 14.3. The van der Waals surface area contributed by atoms with E-state index in [9.17, 15) is 5.11 Å². The van der Waals surface area contributed by atoms with Crippen molar-refractivity contribution < 1.29 is 5.11 Å². The van der Waals surface area contributed by atoms with Gasteiger partial charge in [0.2, 0.25) is 0 Å². The highest BCUT2D eigenvalue weighted by Crippen LogP contribution is 2.31. The van der Waals surface area contributed by atoms with E-state index in [4.69, 9.17) is 23.2 Å². The molecule has 0 fully saturated rings. The summed E-state index contributed by atoms with van der Waals surface area (Å²) in [6.45, 7) is 0. The lowest BCUT2D eigenvalue weighted by atomic mass is 9.98. The molecule has 1 N–H and O–H groups in total. The standard InChI is InChI=1S/C17H13Cl2NO/c18-14-6-2-7-15(19)13(14)10-17(21)12-4-1-8-16-11(12)5-3-9-20-16/h1-9,17,21H,10H2. The third kappa shape index (κ3) is 2.88. The van der Waals surface area contributed by atoms with Crippen molar-refractivity contribution in [2.24, 2.45) is 0 Å². The molecule has 0 aliphatic carbocycles. The highest BCUT2D eigenvalue weighted by atomic mass is 35.5. The second-order valence-electron chi connectivity index (χ2n) is 4.84. The normalized spacial score (nSPS) is 12.5. The Bertz CT molecular complexity index is 763. The lowest BCUT2D eigenvalue weighted by Gasteiger charge is -2.15. The minimum atomic E-state index is -0.685. The molecule has 1 aromatic heterocycles. The summed E-state index contributed by atoms with van der Waals surface area (Å²) in [5, 5.41) is 12.7. The first-order chi connectivity index (χ1) is 10.2. The topological polar surface area (TPSA) is 33.1 Å². The van der Waals surface area contributed by atoms with Gasteiger partial charge in [-0.2, -0.15) is 0 Å². The number of hydrogen-bond acceptors (Lipinski definition) is 2. The molecule has 1 atom stereocenters. The molecule has 21 heavy (non-hydrogen) atoms. The van der Waals surface area contributed by atoms with Crippen LogP contribution < -0.4 is 0 Å². The van der Waals surface area contributed by atoms with Crippen LogP contribution in [0.3, 0.4) is 0 Å². The van der Waals surface area contributed by atoms with Crippen LogP contribution in [0.15, 0.2) is 54.7 Å². The Kier molecular flexibility index (Phi) is 4.11.